The van der Waals surface area contributed by atoms with Gasteiger partial charge in [-0.2, -0.15) is 0 Å². The van der Waals surface area contributed by atoms with Gasteiger partial charge in [-0.05, 0) is 77.3 Å². The number of ether oxygens (including phenoxy) is 2. The second kappa shape index (κ2) is 9.75. The molecule has 1 aromatic carbocycles. The molecular formula is C23H36N2O3. The fourth-order valence-electron chi connectivity index (χ4n) is 4.29. The Morgan fingerprint density at radius 3 is 2.50 bits per heavy atom. The molecule has 0 radical (unpaired) electrons. The van der Waals surface area contributed by atoms with E-state index in [2.05, 4.69) is 41.0 Å². The molecule has 2 atom stereocenters. The van der Waals surface area contributed by atoms with Gasteiger partial charge in [0.2, 0.25) is 0 Å². The zero-order valence-corrected chi connectivity index (χ0v) is 17.6. The molecule has 1 amide bonds. The molecular weight excluding hydrogens is 352 g/mol. The maximum Gasteiger partial charge on any atom is 0.407 e. The van der Waals surface area contributed by atoms with E-state index in [1.54, 1.807) is 0 Å². The average Bonchev–Trinajstić information content (AvgIpc) is 2.67. The summed E-state index contributed by atoms with van der Waals surface area (Å²) in [5.41, 5.74) is 0.978. The standard InChI is InChI=1S/C23H36N2O3/c1-23(2,3)28-22(26)25-20-10-7-15-24-21(20)16-27-19-13-11-18(12-14-19)17-8-5-4-6-9-17/h4-6,8-9,18-21,24H,7,10-16H2,1-3H3,(H,25,26)/t18?,19?,20-,21?/m0/s1. The SMILES string of the molecule is CC(C)(C)OC(=O)N[C@H]1CCCNC1COC1CCC(c2ccccc2)CC1. The first-order valence-electron chi connectivity index (χ1n) is 10.8. The molecule has 5 nitrogen and oxygen atoms in total. The third-order valence-electron chi connectivity index (χ3n) is 5.74. The van der Waals surface area contributed by atoms with Gasteiger partial charge in [0.05, 0.1) is 18.8 Å². The summed E-state index contributed by atoms with van der Waals surface area (Å²) in [5, 5.41) is 6.55. The number of carbonyl (C=O) groups excluding carboxylic acids is 1. The maximum absolute atomic E-state index is 12.1. The van der Waals surface area contributed by atoms with Crippen LogP contribution in [0, 0.1) is 0 Å². The van der Waals surface area contributed by atoms with Crippen LogP contribution in [-0.4, -0.2) is 43.0 Å². The molecule has 5 heteroatoms. The molecule has 2 N–H and O–H groups in total. The number of alkyl carbamates (subject to hydrolysis) is 1. The quantitative estimate of drug-likeness (QED) is 0.786. The van der Waals surface area contributed by atoms with Crippen molar-refractivity contribution in [3.63, 3.8) is 0 Å². The third kappa shape index (κ3) is 6.49. The zero-order chi connectivity index (χ0) is 20.0. The van der Waals surface area contributed by atoms with Crippen molar-refractivity contribution in [2.24, 2.45) is 0 Å². The fourth-order valence-corrected chi connectivity index (χ4v) is 4.29. The molecule has 2 fully saturated rings. The van der Waals surface area contributed by atoms with Crippen molar-refractivity contribution < 1.29 is 14.3 Å². The van der Waals surface area contributed by atoms with Crippen LogP contribution >= 0.6 is 0 Å². The molecule has 0 bridgehead atoms. The highest BCUT2D eigenvalue weighted by molar-refractivity contribution is 5.68. The lowest BCUT2D eigenvalue weighted by molar-refractivity contribution is 0.00171. The van der Waals surface area contributed by atoms with Gasteiger partial charge in [-0.3, -0.25) is 0 Å². The van der Waals surface area contributed by atoms with Crippen molar-refractivity contribution in [1.29, 1.82) is 0 Å². The zero-order valence-electron chi connectivity index (χ0n) is 17.6. The van der Waals surface area contributed by atoms with Crippen LogP contribution in [0.3, 0.4) is 0 Å². The Morgan fingerprint density at radius 2 is 1.82 bits per heavy atom. The normalized spacial score (nSPS) is 28.5. The topological polar surface area (TPSA) is 59.6 Å². The molecule has 1 aromatic rings. The van der Waals surface area contributed by atoms with E-state index in [1.165, 1.54) is 18.4 Å². The van der Waals surface area contributed by atoms with Crippen molar-refractivity contribution in [2.75, 3.05) is 13.2 Å². The molecule has 1 heterocycles. The summed E-state index contributed by atoms with van der Waals surface area (Å²) in [4.78, 5) is 12.1. The van der Waals surface area contributed by atoms with Crippen molar-refractivity contribution in [3.05, 3.63) is 35.9 Å². The van der Waals surface area contributed by atoms with Gasteiger partial charge in [-0.25, -0.2) is 4.79 Å². The van der Waals surface area contributed by atoms with Gasteiger partial charge in [0.25, 0.3) is 0 Å². The van der Waals surface area contributed by atoms with Gasteiger partial charge in [0.15, 0.2) is 0 Å². The van der Waals surface area contributed by atoms with Crippen LogP contribution in [0.5, 0.6) is 0 Å². The highest BCUT2D eigenvalue weighted by Gasteiger charge is 2.30. The van der Waals surface area contributed by atoms with Crippen LogP contribution in [0.25, 0.3) is 0 Å². The Bertz CT molecular complexity index is 606. The van der Waals surface area contributed by atoms with Crippen LogP contribution in [0.2, 0.25) is 0 Å². The number of carbonyl (C=O) groups is 1. The predicted octanol–water partition coefficient (Wildman–Crippen LogP) is 4.37. The molecule has 1 saturated carbocycles. The molecule has 1 aliphatic carbocycles. The lowest BCUT2D eigenvalue weighted by atomic mass is 9.83. The van der Waals surface area contributed by atoms with Gasteiger partial charge in [-0.1, -0.05) is 30.3 Å². The Kier molecular flexibility index (Phi) is 7.36. The number of hydrogen-bond acceptors (Lipinski definition) is 4. The van der Waals surface area contributed by atoms with E-state index in [0.717, 1.165) is 32.2 Å². The average molecular weight is 389 g/mol. The molecule has 1 unspecified atom stereocenters. The van der Waals surface area contributed by atoms with E-state index in [0.29, 0.717) is 18.6 Å². The summed E-state index contributed by atoms with van der Waals surface area (Å²) < 4.78 is 11.7. The first-order valence-corrected chi connectivity index (χ1v) is 10.8. The van der Waals surface area contributed by atoms with E-state index in [-0.39, 0.29) is 18.2 Å². The minimum Gasteiger partial charge on any atom is -0.444 e. The molecule has 3 rings (SSSR count). The summed E-state index contributed by atoms with van der Waals surface area (Å²) in [5.74, 6) is 0.662. The summed E-state index contributed by atoms with van der Waals surface area (Å²) in [6.07, 6.45) is 6.59. The van der Waals surface area contributed by atoms with Crippen molar-refractivity contribution >= 4 is 6.09 Å². The summed E-state index contributed by atoms with van der Waals surface area (Å²) >= 11 is 0. The third-order valence-corrected chi connectivity index (χ3v) is 5.74. The molecule has 0 spiro atoms. The number of nitrogens with one attached hydrogen (secondary N) is 2. The van der Waals surface area contributed by atoms with E-state index < -0.39 is 5.60 Å². The van der Waals surface area contributed by atoms with Crippen molar-refractivity contribution in [3.8, 4) is 0 Å². The summed E-state index contributed by atoms with van der Waals surface area (Å²) in [6, 6.07) is 11.0. The van der Waals surface area contributed by atoms with Crippen molar-refractivity contribution in [2.45, 2.75) is 89.0 Å². The van der Waals surface area contributed by atoms with E-state index in [4.69, 9.17) is 9.47 Å². The fraction of sp³-hybridized carbons (Fsp3) is 0.696. The van der Waals surface area contributed by atoms with Crippen LogP contribution in [0.4, 0.5) is 4.79 Å². The summed E-state index contributed by atoms with van der Waals surface area (Å²) in [7, 11) is 0. The first kappa shape index (κ1) is 21.1. The number of hydrogen-bond donors (Lipinski definition) is 2. The van der Waals surface area contributed by atoms with Gasteiger partial charge in [0, 0.05) is 6.04 Å². The number of benzene rings is 1. The second-order valence-corrected chi connectivity index (χ2v) is 9.17. The number of piperidine rings is 1. The monoisotopic (exact) mass is 388 g/mol. The predicted molar refractivity (Wildman–Crippen MR) is 112 cm³/mol. The van der Waals surface area contributed by atoms with E-state index in [1.807, 2.05) is 20.8 Å². The van der Waals surface area contributed by atoms with Crippen LogP contribution < -0.4 is 10.6 Å². The second-order valence-electron chi connectivity index (χ2n) is 9.17. The molecule has 1 saturated heterocycles. The minimum absolute atomic E-state index is 0.0595. The number of amides is 1. The number of rotatable bonds is 5. The Hall–Kier alpha value is -1.59. The van der Waals surface area contributed by atoms with Gasteiger partial charge < -0.3 is 20.1 Å². The lowest BCUT2D eigenvalue weighted by Gasteiger charge is -2.35. The van der Waals surface area contributed by atoms with Gasteiger partial charge in [-0.15, -0.1) is 0 Å². The highest BCUT2D eigenvalue weighted by atomic mass is 16.6. The summed E-state index contributed by atoms with van der Waals surface area (Å²) in [6.45, 7) is 7.27. The molecule has 2 aliphatic rings. The maximum atomic E-state index is 12.1. The molecule has 0 aromatic heterocycles. The van der Waals surface area contributed by atoms with E-state index in [9.17, 15) is 4.79 Å². The lowest BCUT2D eigenvalue weighted by Crippen LogP contribution is -2.56. The Morgan fingerprint density at radius 1 is 1.11 bits per heavy atom. The Balaban J connectivity index is 1.43. The minimum atomic E-state index is -0.477. The molecule has 1 aliphatic heterocycles. The van der Waals surface area contributed by atoms with E-state index >= 15 is 0 Å². The molecule has 28 heavy (non-hydrogen) atoms. The van der Waals surface area contributed by atoms with Crippen molar-refractivity contribution in [1.82, 2.24) is 10.6 Å². The largest absolute Gasteiger partial charge is 0.444 e. The Labute approximate surface area is 169 Å². The smallest absolute Gasteiger partial charge is 0.407 e. The highest BCUT2D eigenvalue weighted by Crippen LogP contribution is 2.34. The molecule has 156 valence electrons. The van der Waals surface area contributed by atoms with Crippen LogP contribution in [-0.2, 0) is 9.47 Å². The van der Waals surface area contributed by atoms with Gasteiger partial charge in [0.1, 0.15) is 5.60 Å². The van der Waals surface area contributed by atoms with Crippen LogP contribution in [0.15, 0.2) is 30.3 Å². The first-order chi connectivity index (χ1) is 13.4. The van der Waals surface area contributed by atoms with Crippen LogP contribution in [0.1, 0.15) is 70.8 Å². The van der Waals surface area contributed by atoms with Gasteiger partial charge >= 0.3 is 6.09 Å².